The molecule has 1 N–H and O–H groups in total. The molecule has 164 valence electrons. The molecule has 0 aliphatic rings. The Hall–Kier alpha value is -2.46. The molecule has 9 nitrogen and oxygen atoms in total. The summed E-state index contributed by atoms with van der Waals surface area (Å²) in [7, 11) is -1.23. The highest BCUT2D eigenvalue weighted by Crippen LogP contribution is 2.22. The van der Waals surface area contributed by atoms with Crippen LogP contribution >= 0.6 is 0 Å². The molecule has 0 radical (unpaired) electrons. The summed E-state index contributed by atoms with van der Waals surface area (Å²) in [6.07, 6.45) is 4.85. The fourth-order valence-corrected chi connectivity index (χ4v) is 4.15. The number of ether oxygens (including phenoxy) is 1. The third-order valence-corrected chi connectivity index (χ3v) is 6.69. The zero-order chi connectivity index (χ0) is 21.9. The average molecular weight is 433 g/mol. The van der Waals surface area contributed by atoms with Crippen molar-refractivity contribution < 1.29 is 4.74 Å². The van der Waals surface area contributed by atoms with E-state index in [1.807, 2.05) is 13.8 Å². The second-order valence-electron chi connectivity index (χ2n) is 8.76. The van der Waals surface area contributed by atoms with E-state index in [1.54, 1.807) is 21.5 Å². The Morgan fingerprint density at radius 2 is 1.77 bits per heavy atom. The molecule has 0 amide bonds. The van der Waals surface area contributed by atoms with Crippen molar-refractivity contribution in [3.8, 4) is 11.4 Å². The number of hydrogen-bond donors (Lipinski definition) is 1. The molecule has 0 atom stereocenters. The first-order valence-corrected chi connectivity index (χ1v) is 14.3. The van der Waals surface area contributed by atoms with E-state index in [0.717, 1.165) is 18.0 Å². The molecular formula is C20H32N6O3Si. The van der Waals surface area contributed by atoms with Crippen LogP contribution in [0.25, 0.3) is 22.6 Å². The summed E-state index contributed by atoms with van der Waals surface area (Å²) in [6.45, 7) is 12.5. The van der Waals surface area contributed by atoms with E-state index >= 15 is 0 Å². The summed E-state index contributed by atoms with van der Waals surface area (Å²) in [5, 5.41) is 6.81. The van der Waals surface area contributed by atoms with Crippen molar-refractivity contribution in [1.82, 2.24) is 28.9 Å². The Morgan fingerprint density at radius 3 is 2.37 bits per heavy atom. The minimum atomic E-state index is -1.23. The lowest BCUT2D eigenvalue weighted by Gasteiger charge is -2.16. The number of nitrogens with zero attached hydrogens (tertiary/aromatic N) is 5. The molecule has 30 heavy (non-hydrogen) atoms. The highest BCUT2D eigenvalue weighted by atomic mass is 28.3. The number of nitrogens with one attached hydrogen (secondary N) is 1. The second-order valence-corrected chi connectivity index (χ2v) is 14.4. The third kappa shape index (κ3) is 4.49. The van der Waals surface area contributed by atoms with Crippen LogP contribution in [-0.4, -0.2) is 43.6 Å². The van der Waals surface area contributed by atoms with Crippen molar-refractivity contribution in [2.45, 2.75) is 72.2 Å². The van der Waals surface area contributed by atoms with E-state index in [4.69, 9.17) is 9.72 Å². The highest BCUT2D eigenvalue weighted by molar-refractivity contribution is 6.76. The first-order chi connectivity index (χ1) is 14.3. The summed E-state index contributed by atoms with van der Waals surface area (Å²) < 4.78 is 10.7. The van der Waals surface area contributed by atoms with Gasteiger partial charge in [-0.15, -0.1) is 0 Å². The Bertz CT molecular complexity index is 1100. The maximum absolute atomic E-state index is 13.3. The predicted octanol–water partition coefficient (Wildman–Crippen LogP) is 2.88. The predicted molar refractivity (Wildman–Crippen MR) is 121 cm³/mol. The summed E-state index contributed by atoms with van der Waals surface area (Å²) in [5.41, 5.74) is 0.932. The monoisotopic (exact) mass is 432 g/mol. The van der Waals surface area contributed by atoms with Gasteiger partial charge < -0.3 is 4.74 Å². The van der Waals surface area contributed by atoms with Gasteiger partial charge >= 0.3 is 5.69 Å². The fraction of sp³-hybridized carbons (Fsp3) is 0.600. The van der Waals surface area contributed by atoms with Crippen LogP contribution in [0.2, 0.25) is 25.7 Å². The molecule has 0 bridgehead atoms. The van der Waals surface area contributed by atoms with Gasteiger partial charge in [-0.05, 0) is 18.9 Å². The standard InChI is InChI=1S/C20H32N6O3Si/c1-6-8-24-18-16(19(27)25(9-7-2)20(24)28)26(14-29-10-11-30(3,4)5)17(23-18)15-12-21-22-13-15/h12-13H,6-11,14H2,1-5H3,(H,21,22). The number of aromatic nitrogens is 6. The summed E-state index contributed by atoms with van der Waals surface area (Å²) >= 11 is 0. The SMILES string of the molecule is CCCn1c(=O)c2c(nc(-c3cn[nH]c3)n2COCC[Si](C)(C)C)n(CCC)c1=O. The zero-order valence-corrected chi connectivity index (χ0v) is 19.6. The fourth-order valence-electron chi connectivity index (χ4n) is 3.39. The number of fused-ring (bicyclic) bond motifs is 1. The van der Waals surface area contributed by atoms with Crippen LogP contribution in [0.5, 0.6) is 0 Å². The van der Waals surface area contributed by atoms with Gasteiger partial charge in [0.25, 0.3) is 5.56 Å². The number of aryl methyl sites for hydroxylation is 1. The largest absolute Gasteiger partial charge is 0.361 e. The van der Waals surface area contributed by atoms with E-state index < -0.39 is 8.07 Å². The zero-order valence-electron chi connectivity index (χ0n) is 18.6. The van der Waals surface area contributed by atoms with E-state index in [9.17, 15) is 9.59 Å². The van der Waals surface area contributed by atoms with E-state index in [-0.39, 0.29) is 18.0 Å². The van der Waals surface area contributed by atoms with E-state index in [1.165, 1.54) is 4.57 Å². The van der Waals surface area contributed by atoms with Crippen molar-refractivity contribution in [2.24, 2.45) is 0 Å². The Morgan fingerprint density at radius 1 is 1.07 bits per heavy atom. The molecule has 10 heteroatoms. The molecule has 0 saturated carbocycles. The lowest BCUT2D eigenvalue weighted by Crippen LogP contribution is -2.40. The van der Waals surface area contributed by atoms with Crippen molar-refractivity contribution in [3.63, 3.8) is 0 Å². The van der Waals surface area contributed by atoms with Crippen LogP contribution < -0.4 is 11.2 Å². The molecule has 0 fully saturated rings. The van der Waals surface area contributed by atoms with Crippen LogP contribution in [0.3, 0.4) is 0 Å². The normalized spacial score (nSPS) is 12.2. The van der Waals surface area contributed by atoms with E-state index in [0.29, 0.717) is 43.1 Å². The Labute approximate surface area is 176 Å². The van der Waals surface area contributed by atoms with Crippen LogP contribution in [-0.2, 0) is 24.6 Å². The molecule has 0 aromatic carbocycles. The van der Waals surface area contributed by atoms with Crippen LogP contribution in [0.15, 0.2) is 22.0 Å². The Balaban J connectivity index is 2.19. The highest BCUT2D eigenvalue weighted by Gasteiger charge is 2.22. The number of aromatic amines is 1. The third-order valence-electron chi connectivity index (χ3n) is 4.98. The molecule has 0 aliphatic heterocycles. The molecule has 3 aromatic rings. The van der Waals surface area contributed by atoms with Gasteiger partial charge in [-0.25, -0.2) is 9.78 Å². The van der Waals surface area contributed by atoms with Gasteiger partial charge in [-0.3, -0.25) is 23.6 Å². The minimum Gasteiger partial charge on any atom is -0.361 e. The van der Waals surface area contributed by atoms with Gasteiger partial charge in [0.15, 0.2) is 11.2 Å². The molecule has 0 aliphatic carbocycles. The van der Waals surface area contributed by atoms with Crippen molar-refractivity contribution in [2.75, 3.05) is 6.61 Å². The van der Waals surface area contributed by atoms with Gasteiger partial charge in [0.05, 0.1) is 11.8 Å². The van der Waals surface area contributed by atoms with Crippen LogP contribution in [0, 0.1) is 0 Å². The number of rotatable bonds is 10. The van der Waals surface area contributed by atoms with Crippen molar-refractivity contribution in [3.05, 3.63) is 33.2 Å². The Kier molecular flexibility index (Phi) is 6.76. The lowest BCUT2D eigenvalue weighted by molar-refractivity contribution is 0.0907. The number of H-pyrrole nitrogens is 1. The lowest BCUT2D eigenvalue weighted by atomic mass is 10.3. The average Bonchev–Trinajstić information content (AvgIpc) is 3.33. The molecule has 0 saturated heterocycles. The molecular weight excluding hydrogens is 400 g/mol. The topological polar surface area (TPSA) is 99.7 Å². The van der Waals surface area contributed by atoms with Crippen LogP contribution in [0.4, 0.5) is 0 Å². The van der Waals surface area contributed by atoms with Crippen molar-refractivity contribution in [1.29, 1.82) is 0 Å². The van der Waals surface area contributed by atoms with Gasteiger partial charge in [-0.1, -0.05) is 33.5 Å². The van der Waals surface area contributed by atoms with Gasteiger partial charge in [0.2, 0.25) is 0 Å². The molecule has 3 aromatic heterocycles. The summed E-state index contributed by atoms with van der Waals surface area (Å²) in [4.78, 5) is 31.0. The quantitative estimate of drug-likeness (QED) is 0.392. The number of imidazole rings is 1. The van der Waals surface area contributed by atoms with Gasteiger partial charge in [-0.2, -0.15) is 5.10 Å². The smallest absolute Gasteiger partial charge is 0.332 e. The first kappa shape index (κ1) is 22.2. The van der Waals surface area contributed by atoms with E-state index in [2.05, 4.69) is 29.8 Å². The molecule has 0 spiro atoms. The van der Waals surface area contributed by atoms with Crippen molar-refractivity contribution >= 4 is 19.2 Å². The second kappa shape index (κ2) is 9.13. The summed E-state index contributed by atoms with van der Waals surface area (Å²) in [6, 6.07) is 1.03. The maximum atomic E-state index is 13.3. The van der Waals surface area contributed by atoms with Crippen LogP contribution in [0.1, 0.15) is 26.7 Å². The molecule has 3 rings (SSSR count). The molecule has 0 unspecified atom stereocenters. The first-order valence-electron chi connectivity index (χ1n) is 10.6. The minimum absolute atomic E-state index is 0.202. The number of hydrogen-bond acceptors (Lipinski definition) is 5. The van der Waals surface area contributed by atoms with Gasteiger partial charge in [0, 0.05) is 34.0 Å². The van der Waals surface area contributed by atoms with Gasteiger partial charge in [0.1, 0.15) is 12.6 Å². The summed E-state index contributed by atoms with van der Waals surface area (Å²) in [5.74, 6) is 0.572. The maximum Gasteiger partial charge on any atom is 0.332 e. The molecule has 3 heterocycles.